The predicted molar refractivity (Wildman–Crippen MR) is 166 cm³/mol. The van der Waals surface area contributed by atoms with Crippen LogP contribution in [0.5, 0.6) is 0 Å². The molecule has 5 aliphatic rings. The van der Waals surface area contributed by atoms with Crippen molar-refractivity contribution in [2.45, 2.75) is 116 Å². The van der Waals surface area contributed by atoms with Crippen LogP contribution in [0.3, 0.4) is 0 Å². The standard InChI is InChI=1S/C37H52O7/c1-23(13-16-32(39)41-4)27-14-15-28-34-29(22-31(37(27,28)3)44-33-12-8-9-19-42-33)36(2)18-17-26(38)20-25(36)21-30(34)43-35(40)24-10-6-5-7-11-24/h5-7,10-11,23,25,27-31,33-34H,8-9,12-22H2,1-4H3/t23-,25+,27-,28+,29+,30-,31+,33-,34+,36+,37-/m1/s1. The van der Waals surface area contributed by atoms with E-state index < -0.39 is 0 Å². The van der Waals surface area contributed by atoms with Gasteiger partial charge in [-0.25, -0.2) is 4.79 Å². The second-order valence-corrected chi connectivity index (χ2v) is 15.1. The zero-order valence-electron chi connectivity index (χ0n) is 27.1. The van der Waals surface area contributed by atoms with Gasteiger partial charge in [-0.2, -0.15) is 0 Å². The maximum Gasteiger partial charge on any atom is 0.338 e. The molecular weight excluding hydrogens is 556 g/mol. The summed E-state index contributed by atoms with van der Waals surface area (Å²) in [5, 5.41) is 0. The van der Waals surface area contributed by atoms with Gasteiger partial charge in [0.15, 0.2) is 6.29 Å². The van der Waals surface area contributed by atoms with Crippen LogP contribution in [0.25, 0.3) is 0 Å². The molecule has 6 rings (SSSR count). The Hall–Kier alpha value is -2.25. The van der Waals surface area contributed by atoms with Gasteiger partial charge < -0.3 is 18.9 Å². The molecule has 0 bridgehead atoms. The number of hydrogen-bond acceptors (Lipinski definition) is 7. The number of fused-ring (bicyclic) bond motifs is 5. The van der Waals surface area contributed by atoms with Gasteiger partial charge in [0.1, 0.15) is 11.9 Å². The van der Waals surface area contributed by atoms with Gasteiger partial charge in [-0.15, -0.1) is 0 Å². The fourth-order valence-electron chi connectivity index (χ4n) is 10.6. The van der Waals surface area contributed by atoms with Crippen molar-refractivity contribution in [3.8, 4) is 0 Å². The first-order chi connectivity index (χ1) is 21.1. The molecule has 1 aliphatic heterocycles. The maximum absolute atomic E-state index is 13.6. The number of ketones is 1. The van der Waals surface area contributed by atoms with E-state index in [1.807, 2.05) is 30.3 Å². The number of esters is 2. The molecule has 0 aromatic heterocycles. The summed E-state index contributed by atoms with van der Waals surface area (Å²) in [6.45, 7) is 7.88. The highest BCUT2D eigenvalue weighted by molar-refractivity contribution is 5.89. The van der Waals surface area contributed by atoms with Crippen molar-refractivity contribution in [2.24, 2.45) is 46.3 Å². The Labute approximate surface area is 263 Å². The van der Waals surface area contributed by atoms with E-state index in [2.05, 4.69) is 20.8 Å². The Bertz CT molecular complexity index is 1190. The molecule has 0 N–H and O–H groups in total. The lowest BCUT2D eigenvalue weighted by molar-refractivity contribution is -0.264. The van der Waals surface area contributed by atoms with Crippen LogP contribution < -0.4 is 0 Å². The molecule has 1 aromatic rings. The molecule has 44 heavy (non-hydrogen) atoms. The summed E-state index contributed by atoms with van der Waals surface area (Å²) in [5.74, 6) is 1.61. The molecule has 4 aliphatic carbocycles. The van der Waals surface area contributed by atoms with E-state index in [1.54, 1.807) is 0 Å². The first kappa shape index (κ1) is 31.7. The summed E-state index contributed by atoms with van der Waals surface area (Å²) in [6.07, 6.45) is 9.73. The van der Waals surface area contributed by atoms with Crippen LogP contribution in [-0.4, -0.2) is 49.9 Å². The lowest BCUT2D eigenvalue weighted by Gasteiger charge is -2.64. The van der Waals surface area contributed by atoms with Gasteiger partial charge in [0, 0.05) is 37.2 Å². The van der Waals surface area contributed by atoms with Gasteiger partial charge in [-0.05, 0) is 105 Å². The van der Waals surface area contributed by atoms with Crippen LogP contribution in [-0.2, 0) is 28.5 Å². The van der Waals surface area contributed by atoms with Crippen LogP contribution in [0.15, 0.2) is 30.3 Å². The molecule has 11 atom stereocenters. The molecule has 1 saturated heterocycles. The zero-order valence-corrected chi connectivity index (χ0v) is 27.1. The van der Waals surface area contributed by atoms with E-state index >= 15 is 0 Å². The van der Waals surface area contributed by atoms with E-state index in [1.165, 1.54) is 7.11 Å². The normalized spacial score (nSPS) is 40.7. The Kier molecular flexibility index (Phi) is 9.27. The van der Waals surface area contributed by atoms with Crippen LogP contribution in [0.1, 0.15) is 108 Å². The van der Waals surface area contributed by atoms with Gasteiger partial charge in [0.25, 0.3) is 0 Å². The smallest absolute Gasteiger partial charge is 0.338 e. The molecule has 4 saturated carbocycles. The number of Topliss-reactive ketones (excluding diaryl/α,β-unsaturated/α-hetero) is 1. The minimum Gasteiger partial charge on any atom is -0.469 e. The molecule has 5 fully saturated rings. The Balaban J connectivity index is 1.36. The lowest BCUT2D eigenvalue weighted by Crippen LogP contribution is -2.63. The van der Waals surface area contributed by atoms with Crippen LogP contribution in [0, 0.1) is 46.3 Å². The van der Waals surface area contributed by atoms with Crippen molar-refractivity contribution in [2.75, 3.05) is 13.7 Å². The van der Waals surface area contributed by atoms with Gasteiger partial charge in [0.2, 0.25) is 0 Å². The highest BCUT2D eigenvalue weighted by Crippen LogP contribution is 2.69. The minimum absolute atomic E-state index is 0.000814. The van der Waals surface area contributed by atoms with E-state index in [0.717, 1.165) is 64.4 Å². The molecule has 0 radical (unpaired) electrons. The van der Waals surface area contributed by atoms with Crippen molar-refractivity contribution in [3.05, 3.63) is 35.9 Å². The number of carbonyl (C=O) groups is 3. The zero-order chi connectivity index (χ0) is 31.1. The summed E-state index contributed by atoms with van der Waals surface area (Å²) < 4.78 is 24.8. The summed E-state index contributed by atoms with van der Waals surface area (Å²) in [7, 11) is 1.46. The summed E-state index contributed by atoms with van der Waals surface area (Å²) in [6, 6.07) is 9.31. The summed E-state index contributed by atoms with van der Waals surface area (Å²) in [4.78, 5) is 38.5. The van der Waals surface area contributed by atoms with E-state index in [4.69, 9.17) is 18.9 Å². The predicted octanol–water partition coefficient (Wildman–Crippen LogP) is 7.16. The van der Waals surface area contributed by atoms with Crippen molar-refractivity contribution in [3.63, 3.8) is 0 Å². The average Bonchev–Trinajstić information content (AvgIpc) is 3.39. The lowest BCUT2D eigenvalue weighted by atomic mass is 9.43. The third kappa shape index (κ3) is 5.77. The van der Waals surface area contributed by atoms with Crippen LogP contribution >= 0.6 is 0 Å². The van der Waals surface area contributed by atoms with Crippen LogP contribution in [0.4, 0.5) is 0 Å². The number of methoxy groups -OCH3 is 1. The second kappa shape index (κ2) is 12.9. The number of benzene rings is 1. The quantitative estimate of drug-likeness (QED) is 0.229. The highest BCUT2D eigenvalue weighted by Gasteiger charge is 2.67. The van der Waals surface area contributed by atoms with Gasteiger partial charge in [-0.1, -0.05) is 39.0 Å². The molecule has 0 unspecified atom stereocenters. The summed E-state index contributed by atoms with van der Waals surface area (Å²) in [5.41, 5.74) is 0.425. The van der Waals surface area contributed by atoms with Gasteiger partial charge in [-0.3, -0.25) is 9.59 Å². The molecule has 242 valence electrons. The number of rotatable bonds is 8. The van der Waals surface area contributed by atoms with Crippen molar-refractivity contribution >= 4 is 17.7 Å². The molecule has 7 nitrogen and oxygen atoms in total. The van der Waals surface area contributed by atoms with E-state index in [9.17, 15) is 14.4 Å². The van der Waals surface area contributed by atoms with Crippen LogP contribution in [0.2, 0.25) is 0 Å². The molecule has 7 heteroatoms. The van der Waals surface area contributed by atoms with E-state index in [0.29, 0.717) is 54.3 Å². The topological polar surface area (TPSA) is 88.1 Å². The molecular formula is C37H52O7. The van der Waals surface area contributed by atoms with E-state index in [-0.39, 0.29) is 53.1 Å². The maximum atomic E-state index is 13.6. The van der Waals surface area contributed by atoms with Gasteiger partial charge >= 0.3 is 11.9 Å². The minimum atomic E-state index is -0.267. The third-order valence-corrected chi connectivity index (χ3v) is 13.1. The Morgan fingerprint density at radius 2 is 1.84 bits per heavy atom. The Morgan fingerprint density at radius 3 is 2.57 bits per heavy atom. The number of hydrogen-bond donors (Lipinski definition) is 0. The average molecular weight is 609 g/mol. The first-order valence-corrected chi connectivity index (χ1v) is 17.3. The Morgan fingerprint density at radius 1 is 1.05 bits per heavy atom. The number of carbonyl (C=O) groups excluding carboxylic acids is 3. The number of ether oxygens (including phenoxy) is 4. The molecule has 0 spiro atoms. The van der Waals surface area contributed by atoms with Crippen molar-refractivity contribution < 1.29 is 33.3 Å². The largest absolute Gasteiger partial charge is 0.469 e. The third-order valence-electron chi connectivity index (χ3n) is 13.1. The molecule has 0 amide bonds. The second-order valence-electron chi connectivity index (χ2n) is 15.1. The fourth-order valence-corrected chi connectivity index (χ4v) is 10.6. The van der Waals surface area contributed by atoms with Gasteiger partial charge in [0.05, 0.1) is 18.8 Å². The molecule has 1 heterocycles. The van der Waals surface area contributed by atoms with Crippen molar-refractivity contribution in [1.29, 1.82) is 0 Å². The van der Waals surface area contributed by atoms with Crippen molar-refractivity contribution in [1.82, 2.24) is 0 Å². The fraction of sp³-hybridized carbons (Fsp3) is 0.757. The highest BCUT2D eigenvalue weighted by atomic mass is 16.7. The SMILES string of the molecule is COC(=O)CC[C@@H](C)[C@H]1CC[C@H]2[C@@H]3[C@H](OC(=O)c4ccccc4)C[C@@H]4CC(=O)CC[C@]4(C)[C@H]3C[C@H](O[C@@H]3CCCCO3)[C@]12C. The monoisotopic (exact) mass is 608 g/mol. The molecule has 1 aromatic carbocycles. The first-order valence-electron chi connectivity index (χ1n) is 17.3. The summed E-state index contributed by atoms with van der Waals surface area (Å²) >= 11 is 0.